The normalized spacial score (nSPS) is 11.1. The third-order valence-corrected chi connectivity index (χ3v) is 4.50. The van der Waals surface area contributed by atoms with Crippen molar-refractivity contribution in [1.82, 2.24) is 9.97 Å². The topological polar surface area (TPSA) is 59.1 Å². The number of alkyl halides is 3. The van der Waals surface area contributed by atoms with E-state index >= 15 is 0 Å². The van der Waals surface area contributed by atoms with Crippen molar-refractivity contribution in [3.05, 3.63) is 102 Å². The highest BCUT2D eigenvalue weighted by Crippen LogP contribution is 2.35. The van der Waals surface area contributed by atoms with E-state index in [9.17, 15) is 13.2 Å². The minimum absolute atomic E-state index is 0.0624. The van der Waals surface area contributed by atoms with E-state index in [1.54, 1.807) is 0 Å². The number of halogens is 3. The van der Waals surface area contributed by atoms with Gasteiger partial charge in [0.15, 0.2) is 0 Å². The first-order valence-corrected chi connectivity index (χ1v) is 9.76. The molecule has 0 fully saturated rings. The van der Waals surface area contributed by atoms with Crippen molar-refractivity contribution in [1.29, 1.82) is 0 Å². The number of anilines is 4. The van der Waals surface area contributed by atoms with Crippen LogP contribution in [0.5, 0.6) is 5.75 Å². The van der Waals surface area contributed by atoms with Crippen molar-refractivity contribution in [2.24, 2.45) is 0 Å². The maximum Gasteiger partial charge on any atom is 0.418 e. The molecular weight excluding hydrogens is 417 g/mol. The first-order valence-electron chi connectivity index (χ1n) is 9.76. The van der Waals surface area contributed by atoms with Crippen LogP contribution in [0.1, 0.15) is 11.1 Å². The third kappa shape index (κ3) is 5.54. The number of nitrogens with one attached hydrogen (secondary N) is 2. The molecule has 0 aliphatic rings. The van der Waals surface area contributed by atoms with Crippen molar-refractivity contribution in [2.75, 3.05) is 10.6 Å². The number of hydrogen-bond donors (Lipinski definition) is 2. The molecule has 162 valence electrons. The Balaban J connectivity index is 1.40. The summed E-state index contributed by atoms with van der Waals surface area (Å²) in [7, 11) is 0. The van der Waals surface area contributed by atoms with Gasteiger partial charge in [-0.3, -0.25) is 0 Å². The van der Waals surface area contributed by atoms with E-state index in [1.807, 2.05) is 54.6 Å². The van der Waals surface area contributed by atoms with Gasteiger partial charge in [0.25, 0.3) is 0 Å². The lowest BCUT2D eigenvalue weighted by Crippen LogP contribution is -2.08. The van der Waals surface area contributed by atoms with E-state index in [2.05, 4.69) is 20.6 Å². The summed E-state index contributed by atoms with van der Waals surface area (Å²) >= 11 is 0. The van der Waals surface area contributed by atoms with Crippen LogP contribution in [-0.2, 0) is 12.8 Å². The fraction of sp³-hybridized carbons (Fsp3) is 0.0833. The van der Waals surface area contributed by atoms with Gasteiger partial charge in [0.05, 0.1) is 29.3 Å². The van der Waals surface area contributed by atoms with Crippen molar-refractivity contribution < 1.29 is 17.9 Å². The van der Waals surface area contributed by atoms with Gasteiger partial charge in [0.2, 0.25) is 5.95 Å². The molecule has 2 N–H and O–H groups in total. The zero-order valence-corrected chi connectivity index (χ0v) is 16.8. The number of nitrogens with zero attached hydrogens (tertiary/aromatic N) is 2. The lowest BCUT2D eigenvalue weighted by molar-refractivity contribution is -0.136. The van der Waals surface area contributed by atoms with Crippen LogP contribution in [0.2, 0.25) is 0 Å². The fourth-order valence-electron chi connectivity index (χ4n) is 2.99. The van der Waals surface area contributed by atoms with Gasteiger partial charge in [0, 0.05) is 11.8 Å². The van der Waals surface area contributed by atoms with Gasteiger partial charge in [-0.1, -0.05) is 48.5 Å². The van der Waals surface area contributed by atoms with Crippen LogP contribution in [0, 0.1) is 0 Å². The zero-order valence-electron chi connectivity index (χ0n) is 16.8. The second kappa shape index (κ2) is 9.38. The van der Waals surface area contributed by atoms with E-state index in [0.29, 0.717) is 24.0 Å². The van der Waals surface area contributed by atoms with Crippen molar-refractivity contribution in [2.45, 2.75) is 12.8 Å². The molecule has 8 heteroatoms. The highest BCUT2D eigenvalue weighted by molar-refractivity contribution is 5.63. The molecule has 4 rings (SSSR count). The summed E-state index contributed by atoms with van der Waals surface area (Å²) in [4.78, 5) is 8.36. The summed E-state index contributed by atoms with van der Waals surface area (Å²) < 4.78 is 45.3. The largest absolute Gasteiger partial charge is 0.489 e. The van der Waals surface area contributed by atoms with Gasteiger partial charge in [-0.2, -0.15) is 13.2 Å². The highest BCUT2D eigenvalue weighted by atomic mass is 19.4. The smallest absolute Gasteiger partial charge is 0.418 e. The second-order valence-corrected chi connectivity index (χ2v) is 6.89. The van der Waals surface area contributed by atoms with Crippen molar-refractivity contribution in [3.8, 4) is 5.75 Å². The van der Waals surface area contributed by atoms with Crippen LogP contribution >= 0.6 is 0 Å². The van der Waals surface area contributed by atoms with E-state index in [0.717, 1.165) is 17.3 Å². The predicted molar refractivity (Wildman–Crippen MR) is 117 cm³/mol. The van der Waals surface area contributed by atoms with Crippen LogP contribution in [0.3, 0.4) is 0 Å². The Bertz CT molecular complexity index is 1170. The zero-order chi connectivity index (χ0) is 22.4. The molecule has 1 heterocycles. The molecule has 1 aromatic heterocycles. The third-order valence-electron chi connectivity index (χ3n) is 4.50. The molecule has 0 atom stereocenters. The number of aromatic nitrogens is 2. The van der Waals surface area contributed by atoms with Gasteiger partial charge in [0.1, 0.15) is 12.4 Å². The number of hydrogen-bond acceptors (Lipinski definition) is 5. The monoisotopic (exact) mass is 436 g/mol. The summed E-state index contributed by atoms with van der Waals surface area (Å²) in [5.74, 6) is 0.987. The minimum Gasteiger partial charge on any atom is -0.489 e. The molecule has 0 amide bonds. The van der Waals surface area contributed by atoms with Crippen LogP contribution in [0.25, 0.3) is 0 Å². The molecule has 4 aromatic rings. The maximum absolute atomic E-state index is 13.2. The summed E-state index contributed by atoms with van der Waals surface area (Å²) in [6.45, 7) is 0.445. The van der Waals surface area contributed by atoms with Crippen LogP contribution in [0.4, 0.5) is 36.2 Å². The van der Waals surface area contributed by atoms with E-state index in [-0.39, 0.29) is 5.69 Å². The van der Waals surface area contributed by atoms with Gasteiger partial charge in [-0.05, 0) is 29.8 Å². The average Bonchev–Trinajstić information content (AvgIpc) is 2.80. The highest BCUT2D eigenvalue weighted by Gasteiger charge is 2.33. The van der Waals surface area contributed by atoms with Crippen molar-refractivity contribution >= 4 is 23.0 Å². The fourth-order valence-corrected chi connectivity index (χ4v) is 2.99. The van der Waals surface area contributed by atoms with Gasteiger partial charge >= 0.3 is 6.18 Å². The first kappa shape index (κ1) is 21.2. The first-order chi connectivity index (χ1) is 15.5. The molecule has 5 nitrogen and oxygen atoms in total. The Morgan fingerprint density at radius 3 is 2.22 bits per heavy atom. The number of ether oxygens (including phenoxy) is 1. The summed E-state index contributed by atoms with van der Waals surface area (Å²) in [5, 5.41) is 5.78. The van der Waals surface area contributed by atoms with Crippen LogP contribution in [-0.4, -0.2) is 9.97 Å². The molecule has 32 heavy (non-hydrogen) atoms. The molecular formula is C24H19F3N4O. The van der Waals surface area contributed by atoms with Crippen LogP contribution in [0.15, 0.2) is 91.3 Å². The maximum atomic E-state index is 13.2. The summed E-state index contributed by atoms with van der Waals surface area (Å²) in [6.07, 6.45) is -1.63. The van der Waals surface area contributed by atoms with E-state index < -0.39 is 11.7 Å². The number of benzene rings is 3. The minimum atomic E-state index is -4.46. The second-order valence-electron chi connectivity index (χ2n) is 6.89. The van der Waals surface area contributed by atoms with E-state index in [4.69, 9.17) is 4.74 Å². The SMILES string of the molecule is FC(F)(F)c1ccccc1Nc1cnc(Nc2cccc(OCc3ccccc3)c2)nc1. The predicted octanol–water partition coefficient (Wildman–Crippen LogP) is 6.56. The molecule has 0 radical (unpaired) electrons. The molecule has 0 saturated carbocycles. The molecule has 3 aromatic carbocycles. The Kier molecular flexibility index (Phi) is 6.21. The quantitative estimate of drug-likeness (QED) is 0.344. The summed E-state index contributed by atoms with van der Waals surface area (Å²) in [6, 6.07) is 22.4. The van der Waals surface area contributed by atoms with Crippen molar-refractivity contribution in [3.63, 3.8) is 0 Å². The van der Waals surface area contributed by atoms with Gasteiger partial charge < -0.3 is 15.4 Å². The molecule has 0 unspecified atom stereocenters. The van der Waals surface area contributed by atoms with Gasteiger partial charge in [-0.15, -0.1) is 0 Å². The molecule has 0 saturated heterocycles. The Morgan fingerprint density at radius 1 is 0.750 bits per heavy atom. The Labute approximate surface area is 182 Å². The lowest BCUT2D eigenvalue weighted by Gasteiger charge is -2.14. The number of rotatable bonds is 7. The number of para-hydroxylation sites is 1. The molecule has 0 bridgehead atoms. The van der Waals surface area contributed by atoms with E-state index in [1.165, 1.54) is 30.6 Å². The standard InChI is InChI=1S/C24H19F3N4O/c25-24(26,27)21-11-4-5-12-22(21)30-19-14-28-23(29-15-19)31-18-9-6-10-20(13-18)32-16-17-7-2-1-3-8-17/h1-15,30H,16H2,(H,28,29,31). The van der Waals surface area contributed by atoms with Gasteiger partial charge in [-0.25, -0.2) is 9.97 Å². The van der Waals surface area contributed by atoms with Crippen LogP contribution < -0.4 is 15.4 Å². The Morgan fingerprint density at radius 2 is 1.47 bits per heavy atom. The Hall–Kier alpha value is -4.07. The summed E-state index contributed by atoms with van der Waals surface area (Å²) in [5.41, 5.74) is 1.30. The average molecular weight is 436 g/mol. The lowest BCUT2D eigenvalue weighted by atomic mass is 10.1. The molecule has 0 spiro atoms. The molecule has 0 aliphatic carbocycles. The molecule has 0 aliphatic heterocycles.